The maximum atomic E-state index is 6.49. The number of fused-ring (bicyclic) bond motifs is 1. The zero-order valence-corrected chi connectivity index (χ0v) is 19.0. The molecular weight excluding hydrogens is 419 g/mol. The van der Waals surface area contributed by atoms with Gasteiger partial charge in [0, 0.05) is 16.0 Å². The minimum atomic E-state index is 0.114. The molecule has 152 valence electrons. The molecule has 31 heavy (non-hydrogen) atoms. The van der Waals surface area contributed by atoms with Gasteiger partial charge in [-0.2, -0.15) is 0 Å². The summed E-state index contributed by atoms with van der Waals surface area (Å²) in [6.45, 7) is 4.24. The van der Waals surface area contributed by atoms with Gasteiger partial charge in [-0.05, 0) is 77.1 Å². The van der Waals surface area contributed by atoms with Gasteiger partial charge in [0.05, 0.1) is 0 Å². The minimum absolute atomic E-state index is 0.114. The van der Waals surface area contributed by atoms with E-state index in [1.807, 2.05) is 18.2 Å². The summed E-state index contributed by atoms with van der Waals surface area (Å²) >= 11 is 12.7. The average Bonchev–Trinajstić information content (AvgIpc) is 3.09. The van der Waals surface area contributed by atoms with Crippen molar-refractivity contribution in [3.05, 3.63) is 140 Å². The zero-order valence-electron chi connectivity index (χ0n) is 17.5. The molecule has 0 saturated carbocycles. The molecule has 2 heteroatoms. The van der Waals surface area contributed by atoms with Crippen LogP contribution in [0.4, 0.5) is 0 Å². The highest BCUT2D eigenvalue weighted by molar-refractivity contribution is 6.31. The highest BCUT2D eigenvalue weighted by atomic mass is 35.5. The molecule has 1 aliphatic rings. The molecular formula is C29H22Cl2. The summed E-state index contributed by atoms with van der Waals surface area (Å²) in [5.41, 5.74) is 11.2. The Morgan fingerprint density at radius 3 is 1.74 bits per heavy atom. The minimum Gasteiger partial charge on any atom is -0.0843 e. The van der Waals surface area contributed by atoms with Crippen LogP contribution in [0, 0.1) is 13.8 Å². The Bertz CT molecular complexity index is 1280. The summed E-state index contributed by atoms with van der Waals surface area (Å²) in [6, 6.07) is 32.1. The van der Waals surface area contributed by atoms with Crippen LogP contribution in [0.1, 0.15) is 44.9 Å². The number of allylic oxidation sites excluding steroid dienone is 1. The number of hydrogen-bond acceptors (Lipinski definition) is 0. The summed E-state index contributed by atoms with van der Waals surface area (Å²) in [6.07, 6.45) is 0. The first-order chi connectivity index (χ1) is 15.0. The zero-order chi connectivity index (χ0) is 21.5. The molecule has 0 aliphatic heterocycles. The van der Waals surface area contributed by atoms with Crippen molar-refractivity contribution in [3.8, 4) is 0 Å². The van der Waals surface area contributed by atoms with E-state index in [1.54, 1.807) is 0 Å². The number of benzene rings is 4. The molecule has 0 radical (unpaired) electrons. The van der Waals surface area contributed by atoms with E-state index < -0.39 is 0 Å². The van der Waals surface area contributed by atoms with Crippen LogP contribution in [0.3, 0.4) is 0 Å². The fourth-order valence-electron chi connectivity index (χ4n) is 4.52. The van der Waals surface area contributed by atoms with Gasteiger partial charge in [0.2, 0.25) is 0 Å². The third-order valence-corrected chi connectivity index (χ3v) is 6.55. The van der Waals surface area contributed by atoms with E-state index in [4.69, 9.17) is 23.2 Å². The van der Waals surface area contributed by atoms with Gasteiger partial charge in [-0.3, -0.25) is 0 Å². The molecule has 0 fully saturated rings. The van der Waals surface area contributed by atoms with E-state index in [2.05, 4.69) is 86.6 Å². The molecule has 0 nitrogen and oxygen atoms in total. The van der Waals surface area contributed by atoms with Crippen molar-refractivity contribution < 1.29 is 0 Å². The quantitative estimate of drug-likeness (QED) is 0.298. The van der Waals surface area contributed by atoms with Crippen LogP contribution in [0.15, 0.2) is 91.0 Å². The summed E-state index contributed by atoms with van der Waals surface area (Å²) in [4.78, 5) is 0. The van der Waals surface area contributed by atoms with Crippen molar-refractivity contribution in [2.24, 2.45) is 0 Å². The lowest BCUT2D eigenvalue weighted by atomic mass is 9.84. The summed E-state index contributed by atoms with van der Waals surface area (Å²) < 4.78 is 0. The van der Waals surface area contributed by atoms with E-state index in [0.29, 0.717) is 0 Å². The molecule has 0 amide bonds. The van der Waals surface area contributed by atoms with Gasteiger partial charge in [0.15, 0.2) is 0 Å². The van der Waals surface area contributed by atoms with Crippen LogP contribution < -0.4 is 0 Å². The normalized spacial score (nSPS) is 15.3. The molecule has 1 aliphatic carbocycles. The molecule has 0 spiro atoms. The summed E-state index contributed by atoms with van der Waals surface area (Å²) in [5.74, 6) is 0.114. The number of aryl methyl sites for hydroxylation is 2. The summed E-state index contributed by atoms with van der Waals surface area (Å²) in [5, 5.41) is 1.50. The molecule has 0 N–H and O–H groups in total. The van der Waals surface area contributed by atoms with Crippen molar-refractivity contribution in [2.75, 3.05) is 0 Å². The Morgan fingerprint density at radius 2 is 1.13 bits per heavy atom. The average molecular weight is 441 g/mol. The van der Waals surface area contributed by atoms with Gasteiger partial charge in [-0.25, -0.2) is 0 Å². The standard InChI is InChI=1S/C29H22Cl2/c1-18-3-7-20(8-4-18)28-26-17-24(31)15-16-25(26)27(21-11-13-23(30)14-12-21)29(28)22-9-5-19(2)6-10-22/h3-17,27H,1-2H3. The molecule has 4 aromatic rings. The highest BCUT2D eigenvalue weighted by Crippen LogP contribution is 2.53. The predicted molar refractivity (Wildman–Crippen MR) is 133 cm³/mol. The Labute approximate surface area is 193 Å². The van der Waals surface area contributed by atoms with Crippen molar-refractivity contribution in [3.63, 3.8) is 0 Å². The lowest BCUT2D eigenvalue weighted by Gasteiger charge is -2.19. The summed E-state index contributed by atoms with van der Waals surface area (Å²) in [7, 11) is 0. The molecule has 4 aromatic carbocycles. The van der Waals surface area contributed by atoms with Crippen molar-refractivity contribution in [2.45, 2.75) is 19.8 Å². The van der Waals surface area contributed by atoms with E-state index >= 15 is 0 Å². The van der Waals surface area contributed by atoms with Gasteiger partial charge in [-0.1, -0.05) is 101 Å². The topological polar surface area (TPSA) is 0 Å². The van der Waals surface area contributed by atoms with Gasteiger partial charge >= 0.3 is 0 Å². The van der Waals surface area contributed by atoms with Crippen molar-refractivity contribution >= 4 is 34.3 Å². The Hall–Kier alpha value is -2.80. The SMILES string of the molecule is Cc1ccc(C2=C(c3ccc(C)cc3)C(c3ccc(Cl)cc3)c3ccc(Cl)cc32)cc1. The van der Waals surface area contributed by atoms with E-state index in [9.17, 15) is 0 Å². The second-order valence-corrected chi connectivity index (χ2v) is 9.11. The second-order valence-electron chi connectivity index (χ2n) is 8.24. The second kappa shape index (κ2) is 8.04. The van der Waals surface area contributed by atoms with E-state index in [-0.39, 0.29) is 5.92 Å². The Morgan fingerprint density at radius 1 is 0.581 bits per heavy atom. The fraction of sp³-hybridized carbons (Fsp3) is 0.103. The van der Waals surface area contributed by atoms with Crippen molar-refractivity contribution in [1.82, 2.24) is 0 Å². The van der Waals surface area contributed by atoms with Crippen LogP contribution in [-0.4, -0.2) is 0 Å². The first kappa shape index (κ1) is 20.1. The molecule has 1 unspecified atom stereocenters. The molecule has 1 atom stereocenters. The number of halogens is 2. The van der Waals surface area contributed by atoms with Crippen LogP contribution in [-0.2, 0) is 0 Å². The molecule has 0 heterocycles. The van der Waals surface area contributed by atoms with E-state index in [1.165, 1.54) is 50.1 Å². The van der Waals surface area contributed by atoms with Gasteiger partial charge < -0.3 is 0 Å². The van der Waals surface area contributed by atoms with Gasteiger partial charge in [0.25, 0.3) is 0 Å². The third kappa shape index (κ3) is 3.71. The lowest BCUT2D eigenvalue weighted by Crippen LogP contribution is -2.01. The van der Waals surface area contributed by atoms with Crippen molar-refractivity contribution in [1.29, 1.82) is 0 Å². The molecule has 5 rings (SSSR count). The number of hydrogen-bond donors (Lipinski definition) is 0. The lowest BCUT2D eigenvalue weighted by molar-refractivity contribution is 1.07. The number of rotatable bonds is 3. The molecule has 0 bridgehead atoms. The first-order valence-electron chi connectivity index (χ1n) is 10.4. The molecule has 0 saturated heterocycles. The maximum Gasteiger partial charge on any atom is 0.0412 e. The highest BCUT2D eigenvalue weighted by Gasteiger charge is 2.34. The van der Waals surface area contributed by atoms with Gasteiger partial charge in [0.1, 0.15) is 0 Å². The third-order valence-electron chi connectivity index (χ3n) is 6.06. The van der Waals surface area contributed by atoms with Crippen LogP contribution in [0.5, 0.6) is 0 Å². The monoisotopic (exact) mass is 440 g/mol. The van der Waals surface area contributed by atoms with Crippen LogP contribution in [0.25, 0.3) is 11.1 Å². The fourth-order valence-corrected chi connectivity index (χ4v) is 4.82. The van der Waals surface area contributed by atoms with Gasteiger partial charge in [-0.15, -0.1) is 0 Å². The Balaban J connectivity index is 1.85. The molecule has 0 aromatic heterocycles. The largest absolute Gasteiger partial charge is 0.0843 e. The Kier molecular flexibility index (Phi) is 5.22. The van der Waals surface area contributed by atoms with Crippen LogP contribution in [0.2, 0.25) is 10.0 Å². The maximum absolute atomic E-state index is 6.49. The predicted octanol–water partition coefficient (Wildman–Crippen LogP) is 8.71. The smallest absolute Gasteiger partial charge is 0.0412 e. The van der Waals surface area contributed by atoms with Crippen LogP contribution >= 0.6 is 23.2 Å². The van der Waals surface area contributed by atoms with E-state index in [0.717, 1.165) is 10.0 Å². The first-order valence-corrected chi connectivity index (χ1v) is 11.2.